The van der Waals surface area contributed by atoms with E-state index in [1.54, 1.807) is 0 Å². The quantitative estimate of drug-likeness (QED) is 0.843. The van der Waals surface area contributed by atoms with Crippen LogP contribution in [0, 0.1) is 6.92 Å². The normalized spacial score (nSPS) is 24.2. The van der Waals surface area contributed by atoms with E-state index in [-0.39, 0.29) is 11.8 Å². The highest BCUT2D eigenvalue weighted by molar-refractivity contribution is 5.77. The zero-order valence-electron chi connectivity index (χ0n) is 11.2. The molecular formula is C15H21NO2. The lowest BCUT2D eigenvalue weighted by Gasteiger charge is -2.29. The highest BCUT2D eigenvalue weighted by Gasteiger charge is 2.28. The van der Waals surface area contributed by atoms with Crippen LogP contribution in [0.2, 0.25) is 0 Å². The molecule has 1 aliphatic heterocycles. The van der Waals surface area contributed by atoms with Gasteiger partial charge in [-0.25, -0.2) is 0 Å². The van der Waals surface area contributed by atoms with E-state index in [4.69, 9.17) is 0 Å². The lowest BCUT2D eigenvalue weighted by molar-refractivity contribution is -0.127. The Morgan fingerprint density at radius 2 is 2.06 bits per heavy atom. The van der Waals surface area contributed by atoms with Crippen LogP contribution in [0.1, 0.15) is 55.2 Å². The Morgan fingerprint density at radius 1 is 1.33 bits per heavy atom. The fourth-order valence-corrected chi connectivity index (χ4v) is 2.52. The number of amides is 1. The second kappa shape index (κ2) is 5.11. The van der Waals surface area contributed by atoms with Crippen molar-refractivity contribution >= 4 is 5.91 Å². The van der Waals surface area contributed by atoms with Gasteiger partial charge >= 0.3 is 0 Å². The Bertz CT molecular complexity index is 454. The van der Waals surface area contributed by atoms with E-state index >= 15 is 0 Å². The lowest BCUT2D eigenvalue weighted by atomic mass is 9.86. The van der Waals surface area contributed by atoms with E-state index in [1.807, 2.05) is 0 Å². The second-order valence-corrected chi connectivity index (χ2v) is 5.49. The van der Waals surface area contributed by atoms with E-state index < -0.39 is 6.23 Å². The molecule has 1 aromatic rings. The Hall–Kier alpha value is -1.35. The molecule has 1 amide bonds. The van der Waals surface area contributed by atoms with Gasteiger partial charge < -0.3 is 10.4 Å². The Kier molecular flexibility index (Phi) is 3.71. The van der Waals surface area contributed by atoms with E-state index in [0.29, 0.717) is 18.8 Å². The third-order valence-corrected chi connectivity index (χ3v) is 3.59. The van der Waals surface area contributed by atoms with Crippen molar-refractivity contribution in [1.82, 2.24) is 5.32 Å². The highest BCUT2D eigenvalue weighted by Crippen LogP contribution is 2.30. The molecule has 1 saturated heterocycles. The molecule has 1 aromatic carbocycles. The SMILES string of the molecule is Cc1cc(C(C)C)cc(C2CCC(=O)NC2O)c1. The van der Waals surface area contributed by atoms with Crippen LogP contribution in [0.5, 0.6) is 0 Å². The van der Waals surface area contributed by atoms with Gasteiger partial charge in [-0.2, -0.15) is 0 Å². The maximum Gasteiger partial charge on any atom is 0.222 e. The topological polar surface area (TPSA) is 49.3 Å². The van der Waals surface area contributed by atoms with Crippen LogP contribution in [-0.4, -0.2) is 17.2 Å². The van der Waals surface area contributed by atoms with Crippen molar-refractivity contribution in [3.63, 3.8) is 0 Å². The summed E-state index contributed by atoms with van der Waals surface area (Å²) in [5, 5.41) is 12.6. The monoisotopic (exact) mass is 247 g/mol. The van der Waals surface area contributed by atoms with Crippen LogP contribution in [0.15, 0.2) is 18.2 Å². The van der Waals surface area contributed by atoms with Crippen molar-refractivity contribution in [2.24, 2.45) is 0 Å². The summed E-state index contributed by atoms with van der Waals surface area (Å²) in [5.41, 5.74) is 3.63. The van der Waals surface area contributed by atoms with Gasteiger partial charge in [0.2, 0.25) is 5.91 Å². The first-order valence-electron chi connectivity index (χ1n) is 6.56. The summed E-state index contributed by atoms with van der Waals surface area (Å²) in [6, 6.07) is 6.45. The molecule has 2 N–H and O–H groups in total. The zero-order valence-corrected chi connectivity index (χ0v) is 11.2. The second-order valence-electron chi connectivity index (χ2n) is 5.49. The van der Waals surface area contributed by atoms with Crippen LogP contribution in [-0.2, 0) is 4.79 Å². The Morgan fingerprint density at radius 3 is 2.67 bits per heavy atom. The number of carbonyl (C=O) groups is 1. The first kappa shape index (κ1) is 13.1. The summed E-state index contributed by atoms with van der Waals surface area (Å²) in [4.78, 5) is 11.2. The standard InChI is InChI=1S/C15H21NO2/c1-9(2)11-6-10(3)7-12(8-11)13-4-5-14(17)16-15(13)18/h6-9,13,15,18H,4-5H2,1-3H3,(H,16,17). The minimum absolute atomic E-state index is 0.0140. The number of benzene rings is 1. The minimum Gasteiger partial charge on any atom is -0.373 e. The van der Waals surface area contributed by atoms with Crippen LogP contribution in [0.25, 0.3) is 0 Å². The van der Waals surface area contributed by atoms with Crippen LogP contribution < -0.4 is 5.32 Å². The van der Waals surface area contributed by atoms with Gasteiger partial charge in [-0.05, 0) is 30.4 Å². The Labute approximate surface area is 108 Å². The molecule has 0 aliphatic carbocycles. The zero-order chi connectivity index (χ0) is 13.3. The highest BCUT2D eigenvalue weighted by atomic mass is 16.3. The van der Waals surface area contributed by atoms with Crippen molar-refractivity contribution in [3.8, 4) is 0 Å². The van der Waals surface area contributed by atoms with Crippen molar-refractivity contribution in [1.29, 1.82) is 0 Å². The first-order chi connectivity index (χ1) is 8.47. The number of aliphatic hydroxyl groups is 1. The molecule has 98 valence electrons. The number of piperidine rings is 1. The number of carbonyl (C=O) groups excluding carboxylic acids is 1. The Balaban J connectivity index is 2.30. The van der Waals surface area contributed by atoms with Crippen LogP contribution >= 0.6 is 0 Å². The molecule has 2 atom stereocenters. The molecule has 3 heteroatoms. The summed E-state index contributed by atoms with van der Waals surface area (Å²) in [6.07, 6.45) is 0.453. The minimum atomic E-state index is -0.756. The van der Waals surface area contributed by atoms with Gasteiger partial charge in [0.1, 0.15) is 6.23 Å². The predicted octanol–water partition coefficient (Wildman–Crippen LogP) is 2.43. The molecule has 18 heavy (non-hydrogen) atoms. The van der Waals surface area contributed by atoms with Gasteiger partial charge in [0.25, 0.3) is 0 Å². The first-order valence-corrected chi connectivity index (χ1v) is 6.56. The maximum absolute atomic E-state index is 11.2. The average Bonchev–Trinajstić information content (AvgIpc) is 2.27. The largest absolute Gasteiger partial charge is 0.373 e. The summed E-state index contributed by atoms with van der Waals surface area (Å²) in [7, 11) is 0. The van der Waals surface area contributed by atoms with Gasteiger partial charge in [0.15, 0.2) is 0 Å². The molecule has 0 saturated carbocycles. The van der Waals surface area contributed by atoms with Crippen molar-refractivity contribution in [2.75, 3.05) is 0 Å². The molecule has 1 heterocycles. The summed E-state index contributed by atoms with van der Waals surface area (Å²) in [6.45, 7) is 6.40. The van der Waals surface area contributed by atoms with Crippen molar-refractivity contribution in [2.45, 2.75) is 51.7 Å². The van der Waals surface area contributed by atoms with Crippen LogP contribution in [0.4, 0.5) is 0 Å². The fourth-order valence-electron chi connectivity index (χ4n) is 2.52. The lowest BCUT2D eigenvalue weighted by Crippen LogP contribution is -2.43. The molecule has 0 radical (unpaired) electrons. The maximum atomic E-state index is 11.2. The van der Waals surface area contributed by atoms with Crippen molar-refractivity contribution < 1.29 is 9.90 Å². The smallest absolute Gasteiger partial charge is 0.222 e. The van der Waals surface area contributed by atoms with Gasteiger partial charge in [-0.1, -0.05) is 37.6 Å². The molecule has 0 bridgehead atoms. The summed E-state index contributed by atoms with van der Waals surface area (Å²) < 4.78 is 0. The predicted molar refractivity (Wildman–Crippen MR) is 71.4 cm³/mol. The number of aryl methyl sites for hydroxylation is 1. The van der Waals surface area contributed by atoms with Gasteiger partial charge in [0, 0.05) is 12.3 Å². The number of hydrogen-bond donors (Lipinski definition) is 2. The average molecular weight is 247 g/mol. The number of nitrogens with one attached hydrogen (secondary N) is 1. The fraction of sp³-hybridized carbons (Fsp3) is 0.533. The molecule has 3 nitrogen and oxygen atoms in total. The molecule has 1 aliphatic rings. The van der Waals surface area contributed by atoms with Gasteiger partial charge in [0.05, 0.1) is 0 Å². The molecular weight excluding hydrogens is 226 g/mol. The summed E-state index contributed by atoms with van der Waals surface area (Å²) >= 11 is 0. The van der Waals surface area contributed by atoms with Gasteiger partial charge in [-0.3, -0.25) is 4.79 Å². The number of aliphatic hydroxyl groups excluding tert-OH is 1. The van der Waals surface area contributed by atoms with E-state index in [1.165, 1.54) is 11.1 Å². The van der Waals surface area contributed by atoms with Crippen LogP contribution in [0.3, 0.4) is 0 Å². The third kappa shape index (κ3) is 2.72. The van der Waals surface area contributed by atoms with Crippen molar-refractivity contribution in [3.05, 3.63) is 34.9 Å². The number of hydrogen-bond acceptors (Lipinski definition) is 2. The van der Waals surface area contributed by atoms with E-state index in [0.717, 1.165) is 5.56 Å². The molecule has 2 unspecified atom stereocenters. The molecule has 1 fully saturated rings. The van der Waals surface area contributed by atoms with E-state index in [2.05, 4.69) is 44.3 Å². The molecule has 0 spiro atoms. The number of rotatable bonds is 2. The molecule has 2 rings (SSSR count). The van der Waals surface area contributed by atoms with E-state index in [9.17, 15) is 9.90 Å². The van der Waals surface area contributed by atoms with Gasteiger partial charge in [-0.15, -0.1) is 0 Å². The molecule has 0 aromatic heterocycles. The summed E-state index contributed by atoms with van der Waals surface area (Å²) in [5.74, 6) is 0.426. The third-order valence-electron chi connectivity index (χ3n) is 3.59.